The Hall–Kier alpha value is -3.13. The molecule has 0 saturated heterocycles. The highest BCUT2D eigenvalue weighted by Crippen LogP contribution is 2.33. The van der Waals surface area contributed by atoms with Crippen LogP contribution in [0.25, 0.3) is 11.4 Å². The maximum absolute atomic E-state index is 10.1. The summed E-state index contributed by atoms with van der Waals surface area (Å²) in [5.74, 6) is 0.781. The summed E-state index contributed by atoms with van der Waals surface area (Å²) < 4.78 is 12.8. The van der Waals surface area contributed by atoms with Gasteiger partial charge < -0.3 is 19.7 Å². The second-order valence-corrected chi connectivity index (χ2v) is 6.13. The standard InChI is InChI=1S/C18H15N3O4S/c22-12-6-7-13(14(23)8-12)21-17(18(26)19-20-21)16-10-24-15(9-25-16)11-4-2-1-3-5-11/h1-2,4,6-10,22-23,26H,3,5H2. The van der Waals surface area contributed by atoms with Gasteiger partial charge in [0.2, 0.25) is 0 Å². The molecule has 0 saturated carbocycles. The topological polar surface area (TPSA) is 89.6 Å². The van der Waals surface area contributed by atoms with Gasteiger partial charge in [-0.25, -0.2) is 4.68 Å². The lowest BCUT2D eigenvalue weighted by molar-refractivity contribution is 0.278. The number of thiol groups is 1. The van der Waals surface area contributed by atoms with Crippen LogP contribution < -0.4 is 0 Å². The quantitative estimate of drug-likeness (QED) is 0.718. The van der Waals surface area contributed by atoms with Crippen LogP contribution in [0.5, 0.6) is 11.5 Å². The summed E-state index contributed by atoms with van der Waals surface area (Å²) >= 11 is 4.31. The summed E-state index contributed by atoms with van der Waals surface area (Å²) in [4.78, 5) is 0. The molecular formula is C18H15N3O4S. The number of rotatable bonds is 3. The average molecular weight is 369 g/mol. The van der Waals surface area contributed by atoms with Gasteiger partial charge >= 0.3 is 0 Å². The first kappa shape index (κ1) is 16.3. The molecule has 4 rings (SSSR count). The van der Waals surface area contributed by atoms with Crippen LogP contribution in [0.3, 0.4) is 0 Å². The zero-order valence-corrected chi connectivity index (χ0v) is 14.4. The highest BCUT2D eigenvalue weighted by Gasteiger charge is 2.23. The fourth-order valence-corrected chi connectivity index (χ4v) is 2.95. The number of hydrogen-bond donors (Lipinski definition) is 3. The molecule has 2 aromatic rings. The molecule has 2 N–H and O–H groups in total. The van der Waals surface area contributed by atoms with Crippen molar-refractivity contribution < 1.29 is 19.7 Å². The van der Waals surface area contributed by atoms with E-state index in [1.54, 1.807) is 0 Å². The van der Waals surface area contributed by atoms with Gasteiger partial charge in [0, 0.05) is 6.07 Å². The molecule has 2 heterocycles. The summed E-state index contributed by atoms with van der Waals surface area (Å²) in [5.41, 5.74) is 1.80. The van der Waals surface area contributed by atoms with E-state index < -0.39 is 0 Å². The van der Waals surface area contributed by atoms with Crippen molar-refractivity contribution >= 4 is 18.4 Å². The monoisotopic (exact) mass is 369 g/mol. The van der Waals surface area contributed by atoms with Gasteiger partial charge in [0.1, 0.15) is 40.4 Å². The predicted molar refractivity (Wildman–Crippen MR) is 96.6 cm³/mol. The molecule has 132 valence electrons. The Balaban J connectivity index is 1.66. The number of allylic oxidation sites excluding steroid dienone is 4. The minimum Gasteiger partial charge on any atom is -0.508 e. The Bertz CT molecular complexity index is 988. The molecule has 26 heavy (non-hydrogen) atoms. The highest BCUT2D eigenvalue weighted by atomic mass is 32.1. The van der Waals surface area contributed by atoms with Crippen LogP contribution in [0, 0.1) is 0 Å². The smallest absolute Gasteiger partial charge is 0.190 e. The van der Waals surface area contributed by atoms with E-state index in [-0.39, 0.29) is 11.5 Å². The molecule has 1 aromatic heterocycles. The largest absolute Gasteiger partial charge is 0.508 e. The number of hydrogen-bond acceptors (Lipinski definition) is 7. The maximum Gasteiger partial charge on any atom is 0.190 e. The summed E-state index contributed by atoms with van der Waals surface area (Å²) in [6.07, 6.45) is 10.9. The number of nitrogens with zero attached hydrogens (tertiary/aromatic N) is 3. The molecule has 0 radical (unpaired) electrons. The van der Waals surface area contributed by atoms with E-state index in [0.717, 1.165) is 18.4 Å². The zero-order valence-electron chi connectivity index (χ0n) is 13.5. The second kappa shape index (κ2) is 6.64. The molecule has 0 bridgehead atoms. The van der Waals surface area contributed by atoms with Crippen LogP contribution in [0.15, 0.2) is 65.3 Å². The van der Waals surface area contributed by atoms with E-state index in [1.165, 1.54) is 35.4 Å². The van der Waals surface area contributed by atoms with Crippen molar-refractivity contribution in [3.05, 3.63) is 66.0 Å². The van der Waals surface area contributed by atoms with E-state index >= 15 is 0 Å². The van der Waals surface area contributed by atoms with Crippen LogP contribution in [0.1, 0.15) is 18.5 Å². The molecule has 7 nitrogen and oxygen atoms in total. The van der Waals surface area contributed by atoms with E-state index in [9.17, 15) is 10.2 Å². The molecule has 0 spiro atoms. The fraction of sp³-hybridized carbons (Fsp3) is 0.111. The summed E-state index contributed by atoms with van der Waals surface area (Å²) in [6, 6.07) is 4.17. The van der Waals surface area contributed by atoms with Crippen molar-refractivity contribution in [2.45, 2.75) is 17.9 Å². The van der Waals surface area contributed by atoms with Gasteiger partial charge in [0.25, 0.3) is 0 Å². The van der Waals surface area contributed by atoms with Crippen molar-refractivity contribution in [1.29, 1.82) is 0 Å². The molecule has 8 heteroatoms. The Morgan fingerprint density at radius 2 is 1.92 bits per heavy atom. The third-order valence-corrected chi connectivity index (χ3v) is 4.29. The van der Waals surface area contributed by atoms with Gasteiger partial charge in [-0.05, 0) is 30.5 Å². The Morgan fingerprint density at radius 3 is 2.62 bits per heavy atom. The molecule has 0 fully saturated rings. The van der Waals surface area contributed by atoms with Gasteiger partial charge in [0.05, 0.1) is 0 Å². The first-order chi connectivity index (χ1) is 12.6. The summed E-state index contributed by atoms with van der Waals surface area (Å²) in [7, 11) is 0. The number of ether oxygens (including phenoxy) is 2. The maximum atomic E-state index is 10.1. The van der Waals surface area contributed by atoms with Crippen LogP contribution in [0.2, 0.25) is 0 Å². The normalized spacial score (nSPS) is 16.3. The summed E-state index contributed by atoms with van der Waals surface area (Å²) in [6.45, 7) is 0. The van der Waals surface area contributed by atoms with Crippen molar-refractivity contribution in [3.8, 4) is 17.2 Å². The minimum absolute atomic E-state index is 0.0575. The molecule has 0 amide bonds. The van der Waals surface area contributed by atoms with Gasteiger partial charge in [-0.1, -0.05) is 23.4 Å². The number of phenols is 2. The van der Waals surface area contributed by atoms with E-state index in [1.807, 2.05) is 12.2 Å². The Labute approximate surface area is 154 Å². The van der Waals surface area contributed by atoms with Gasteiger partial charge in [-0.15, -0.1) is 17.7 Å². The second-order valence-electron chi connectivity index (χ2n) is 5.71. The third-order valence-electron chi connectivity index (χ3n) is 3.99. The van der Waals surface area contributed by atoms with Gasteiger partial charge in [0.15, 0.2) is 11.5 Å². The number of aromatic hydroxyl groups is 2. The molecule has 0 unspecified atom stereocenters. The number of aromatic nitrogens is 3. The number of benzene rings is 1. The lowest BCUT2D eigenvalue weighted by atomic mass is 10.0. The molecule has 1 aliphatic heterocycles. The molecule has 1 aromatic carbocycles. The molecule has 0 atom stereocenters. The van der Waals surface area contributed by atoms with Gasteiger partial charge in [-0.3, -0.25) is 0 Å². The van der Waals surface area contributed by atoms with Crippen molar-refractivity contribution in [3.63, 3.8) is 0 Å². The Kier molecular flexibility index (Phi) is 4.18. The Morgan fingerprint density at radius 1 is 1.12 bits per heavy atom. The lowest BCUT2D eigenvalue weighted by Crippen LogP contribution is -2.07. The molecule has 1 aliphatic carbocycles. The highest BCUT2D eigenvalue weighted by molar-refractivity contribution is 7.80. The lowest BCUT2D eigenvalue weighted by Gasteiger charge is -2.18. The minimum atomic E-state index is -0.155. The first-order valence-corrected chi connectivity index (χ1v) is 8.35. The van der Waals surface area contributed by atoms with E-state index in [4.69, 9.17) is 9.47 Å². The van der Waals surface area contributed by atoms with E-state index in [2.05, 4.69) is 29.0 Å². The fourth-order valence-electron chi connectivity index (χ4n) is 2.71. The molecular weight excluding hydrogens is 354 g/mol. The van der Waals surface area contributed by atoms with Crippen LogP contribution in [-0.4, -0.2) is 25.2 Å². The predicted octanol–water partition coefficient (Wildman–Crippen LogP) is 3.43. The van der Waals surface area contributed by atoms with Crippen molar-refractivity contribution in [1.82, 2.24) is 15.0 Å². The van der Waals surface area contributed by atoms with Crippen LogP contribution >= 0.6 is 12.6 Å². The third kappa shape index (κ3) is 2.95. The summed E-state index contributed by atoms with van der Waals surface area (Å²) in [5, 5.41) is 27.8. The molecule has 2 aliphatic rings. The van der Waals surface area contributed by atoms with Gasteiger partial charge in [-0.2, -0.15) is 0 Å². The van der Waals surface area contributed by atoms with Crippen LogP contribution in [0.4, 0.5) is 0 Å². The van der Waals surface area contributed by atoms with Crippen molar-refractivity contribution in [2.24, 2.45) is 0 Å². The number of phenolic OH excluding ortho intramolecular Hbond substituents is 2. The zero-order chi connectivity index (χ0) is 18.1. The SMILES string of the molecule is Oc1ccc(-n2nnc(S)c2C2=COC(C3=CC=CCC3)=CO2)c(O)c1. The average Bonchev–Trinajstić information content (AvgIpc) is 3.04. The van der Waals surface area contributed by atoms with E-state index in [0.29, 0.717) is 27.9 Å². The van der Waals surface area contributed by atoms with Crippen molar-refractivity contribution in [2.75, 3.05) is 0 Å². The first-order valence-electron chi connectivity index (χ1n) is 7.90. The van der Waals surface area contributed by atoms with Crippen LogP contribution in [-0.2, 0) is 9.47 Å².